The van der Waals surface area contributed by atoms with E-state index in [0.717, 1.165) is 54.0 Å². The Labute approximate surface area is 189 Å². The van der Waals surface area contributed by atoms with Crippen molar-refractivity contribution in [3.8, 4) is 28.5 Å². The highest BCUT2D eigenvalue weighted by molar-refractivity contribution is 5.70. The summed E-state index contributed by atoms with van der Waals surface area (Å²) in [5.41, 5.74) is 2.73. The van der Waals surface area contributed by atoms with Gasteiger partial charge in [0.15, 0.2) is 0 Å². The van der Waals surface area contributed by atoms with Crippen molar-refractivity contribution in [2.45, 2.75) is 44.7 Å². The predicted octanol–water partition coefficient (Wildman–Crippen LogP) is 3.85. The van der Waals surface area contributed by atoms with Gasteiger partial charge in [0.05, 0.1) is 17.8 Å². The molecular weight excluding hydrogens is 400 g/mol. The van der Waals surface area contributed by atoms with Crippen LogP contribution in [0.3, 0.4) is 0 Å². The second kappa shape index (κ2) is 8.54. The average molecular weight is 431 g/mol. The maximum absolute atomic E-state index is 6.17. The zero-order chi connectivity index (χ0) is 21.3. The molecule has 1 atom stereocenters. The van der Waals surface area contributed by atoms with E-state index in [1.54, 1.807) is 6.20 Å². The normalized spacial score (nSPS) is 21.0. The van der Waals surface area contributed by atoms with Gasteiger partial charge in [0, 0.05) is 43.8 Å². The monoisotopic (exact) mass is 430 g/mol. The van der Waals surface area contributed by atoms with Crippen LogP contribution in [0.1, 0.15) is 32.1 Å². The number of ether oxygens (including phenoxy) is 1. The van der Waals surface area contributed by atoms with Gasteiger partial charge in [-0.05, 0) is 50.9 Å². The molecule has 2 saturated heterocycles. The Balaban J connectivity index is 1.28. The minimum absolute atomic E-state index is 0.544. The van der Waals surface area contributed by atoms with Crippen LogP contribution in [-0.4, -0.2) is 63.2 Å². The third-order valence-electron chi connectivity index (χ3n) is 6.98. The first-order valence-corrected chi connectivity index (χ1v) is 12.0. The largest absolute Gasteiger partial charge is 0.491 e. The fourth-order valence-corrected chi connectivity index (χ4v) is 5.33. The van der Waals surface area contributed by atoms with Gasteiger partial charge in [-0.15, -0.1) is 0 Å². The van der Waals surface area contributed by atoms with Gasteiger partial charge in [-0.2, -0.15) is 0 Å². The Bertz CT molecular complexity index is 1080. The average Bonchev–Trinajstić information content (AvgIpc) is 3.44. The lowest BCUT2D eigenvalue weighted by Gasteiger charge is -2.33. The van der Waals surface area contributed by atoms with Crippen LogP contribution in [0.5, 0.6) is 5.75 Å². The standard InChI is InChI=1S/C25H30N6O/c1-4-10-29(11-5-1)17-19-7-6-12-31(19)24-15-23-20(16-27-24)25-28-22(18-30(25)13-14-32-23)21-8-2-3-9-26-21/h2-3,8-9,15-16,18-19H,1,4-7,10-14,17H2. The number of hydrogen-bond donors (Lipinski definition) is 0. The zero-order valence-corrected chi connectivity index (χ0v) is 18.5. The molecule has 0 N–H and O–H groups in total. The lowest BCUT2D eigenvalue weighted by atomic mass is 10.1. The summed E-state index contributed by atoms with van der Waals surface area (Å²) in [6, 6.07) is 8.59. The summed E-state index contributed by atoms with van der Waals surface area (Å²) in [5, 5.41) is 0. The van der Waals surface area contributed by atoms with Crippen molar-refractivity contribution in [3.05, 3.63) is 42.9 Å². The Morgan fingerprint density at radius 2 is 1.91 bits per heavy atom. The molecule has 3 aliphatic heterocycles. The number of pyridine rings is 2. The maximum Gasteiger partial charge on any atom is 0.146 e. The molecule has 0 radical (unpaired) electrons. The first-order chi connectivity index (χ1) is 15.8. The molecule has 32 heavy (non-hydrogen) atoms. The van der Waals surface area contributed by atoms with Gasteiger partial charge in [-0.1, -0.05) is 12.5 Å². The maximum atomic E-state index is 6.17. The molecule has 3 aliphatic rings. The van der Waals surface area contributed by atoms with Crippen LogP contribution in [0.4, 0.5) is 5.82 Å². The molecule has 166 valence electrons. The summed E-state index contributed by atoms with van der Waals surface area (Å²) < 4.78 is 8.33. The first kappa shape index (κ1) is 19.7. The number of fused-ring (bicyclic) bond motifs is 3. The molecule has 7 heteroatoms. The summed E-state index contributed by atoms with van der Waals surface area (Å²) in [4.78, 5) is 19.4. The molecule has 3 aromatic heterocycles. The molecular formula is C25H30N6O. The van der Waals surface area contributed by atoms with E-state index >= 15 is 0 Å². The van der Waals surface area contributed by atoms with Crippen molar-refractivity contribution in [2.75, 3.05) is 37.7 Å². The van der Waals surface area contributed by atoms with E-state index in [4.69, 9.17) is 14.7 Å². The molecule has 2 fully saturated rings. The number of anilines is 1. The summed E-state index contributed by atoms with van der Waals surface area (Å²) in [6.07, 6.45) is 12.4. The molecule has 6 heterocycles. The second-order valence-corrected chi connectivity index (χ2v) is 9.10. The van der Waals surface area contributed by atoms with E-state index in [1.165, 1.54) is 45.2 Å². The molecule has 0 bridgehead atoms. The molecule has 7 nitrogen and oxygen atoms in total. The van der Waals surface area contributed by atoms with Crippen molar-refractivity contribution in [3.63, 3.8) is 0 Å². The van der Waals surface area contributed by atoms with Gasteiger partial charge < -0.3 is 19.1 Å². The molecule has 0 saturated carbocycles. The van der Waals surface area contributed by atoms with Crippen molar-refractivity contribution in [1.29, 1.82) is 0 Å². The van der Waals surface area contributed by atoms with Gasteiger partial charge >= 0.3 is 0 Å². The summed E-state index contributed by atoms with van der Waals surface area (Å²) in [7, 11) is 0. The molecule has 6 rings (SSSR count). The van der Waals surface area contributed by atoms with Crippen LogP contribution in [0.15, 0.2) is 42.9 Å². The van der Waals surface area contributed by atoms with Crippen molar-refractivity contribution in [1.82, 2.24) is 24.4 Å². The Hall–Kier alpha value is -2.93. The van der Waals surface area contributed by atoms with Gasteiger partial charge in [0.1, 0.15) is 29.7 Å². The van der Waals surface area contributed by atoms with Gasteiger partial charge in [0.25, 0.3) is 0 Å². The number of imidazole rings is 1. The number of rotatable bonds is 4. The third kappa shape index (κ3) is 3.75. The highest BCUT2D eigenvalue weighted by atomic mass is 16.5. The van der Waals surface area contributed by atoms with Crippen LogP contribution >= 0.6 is 0 Å². The quantitative estimate of drug-likeness (QED) is 0.627. The van der Waals surface area contributed by atoms with E-state index in [9.17, 15) is 0 Å². The predicted molar refractivity (Wildman–Crippen MR) is 125 cm³/mol. The van der Waals surface area contributed by atoms with Crippen LogP contribution in [0.25, 0.3) is 22.8 Å². The Morgan fingerprint density at radius 1 is 0.969 bits per heavy atom. The Kier molecular flexibility index (Phi) is 5.27. The van der Waals surface area contributed by atoms with E-state index in [2.05, 4.69) is 31.6 Å². The van der Waals surface area contributed by atoms with Crippen molar-refractivity contribution >= 4 is 5.82 Å². The van der Waals surface area contributed by atoms with E-state index < -0.39 is 0 Å². The topological polar surface area (TPSA) is 59.3 Å². The SMILES string of the molecule is c1ccc(-c2cn3c(n2)-c2cnc(N4CCCC4CN4CCCCC4)cc2OCC3)nc1. The Morgan fingerprint density at radius 3 is 2.78 bits per heavy atom. The van der Waals surface area contributed by atoms with Crippen LogP contribution < -0.4 is 9.64 Å². The van der Waals surface area contributed by atoms with Crippen LogP contribution in [0, 0.1) is 0 Å². The van der Waals surface area contributed by atoms with Crippen molar-refractivity contribution in [2.24, 2.45) is 0 Å². The zero-order valence-electron chi connectivity index (χ0n) is 18.5. The highest BCUT2D eigenvalue weighted by Crippen LogP contribution is 2.36. The fourth-order valence-electron chi connectivity index (χ4n) is 5.33. The van der Waals surface area contributed by atoms with Gasteiger partial charge in [-0.25, -0.2) is 9.97 Å². The lowest BCUT2D eigenvalue weighted by molar-refractivity contribution is 0.216. The molecule has 0 aliphatic carbocycles. The number of hydrogen-bond acceptors (Lipinski definition) is 6. The minimum Gasteiger partial charge on any atom is -0.491 e. The molecule has 0 aromatic carbocycles. The summed E-state index contributed by atoms with van der Waals surface area (Å²) >= 11 is 0. The highest BCUT2D eigenvalue weighted by Gasteiger charge is 2.29. The summed E-state index contributed by atoms with van der Waals surface area (Å²) in [5.74, 6) is 2.83. The second-order valence-electron chi connectivity index (χ2n) is 9.10. The number of likely N-dealkylation sites (tertiary alicyclic amines) is 1. The first-order valence-electron chi connectivity index (χ1n) is 12.0. The summed E-state index contributed by atoms with van der Waals surface area (Å²) in [6.45, 7) is 6.10. The molecule has 1 unspecified atom stereocenters. The van der Waals surface area contributed by atoms with E-state index in [1.807, 2.05) is 24.4 Å². The lowest BCUT2D eigenvalue weighted by Crippen LogP contribution is -2.42. The fraction of sp³-hybridized carbons (Fsp3) is 0.480. The van der Waals surface area contributed by atoms with Gasteiger partial charge in [0.2, 0.25) is 0 Å². The molecule has 3 aromatic rings. The third-order valence-corrected chi connectivity index (χ3v) is 6.98. The number of piperidine rings is 1. The van der Waals surface area contributed by atoms with Crippen molar-refractivity contribution < 1.29 is 4.74 Å². The van der Waals surface area contributed by atoms with Crippen LogP contribution in [0.2, 0.25) is 0 Å². The molecule has 0 amide bonds. The van der Waals surface area contributed by atoms with Crippen LogP contribution in [-0.2, 0) is 6.54 Å². The number of nitrogens with zero attached hydrogens (tertiary/aromatic N) is 6. The smallest absolute Gasteiger partial charge is 0.146 e. The van der Waals surface area contributed by atoms with E-state index in [0.29, 0.717) is 12.6 Å². The van der Waals surface area contributed by atoms with Gasteiger partial charge in [-0.3, -0.25) is 4.98 Å². The molecule has 0 spiro atoms. The number of aromatic nitrogens is 4. The van der Waals surface area contributed by atoms with E-state index in [-0.39, 0.29) is 0 Å². The minimum atomic E-state index is 0.544.